The highest BCUT2D eigenvalue weighted by molar-refractivity contribution is 5.17. The van der Waals surface area contributed by atoms with Gasteiger partial charge in [0.15, 0.2) is 0 Å². The van der Waals surface area contributed by atoms with Crippen molar-refractivity contribution < 1.29 is 9.47 Å². The van der Waals surface area contributed by atoms with E-state index in [4.69, 9.17) is 9.47 Å². The van der Waals surface area contributed by atoms with Gasteiger partial charge in [0, 0.05) is 38.5 Å². The van der Waals surface area contributed by atoms with Crippen molar-refractivity contribution in [2.24, 2.45) is 0 Å². The molecule has 2 aromatic rings. The molecule has 0 bridgehead atoms. The van der Waals surface area contributed by atoms with E-state index in [-0.39, 0.29) is 0 Å². The molecule has 24 heavy (non-hydrogen) atoms. The fraction of sp³-hybridized carbons (Fsp3) is 0.556. The molecule has 4 heterocycles. The molecule has 128 valence electrons. The maximum atomic E-state index is 5.84. The molecule has 2 aliphatic rings. The molecule has 0 spiro atoms. The summed E-state index contributed by atoms with van der Waals surface area (Å²) in [6.45, 7) is 6.60. The lowest BCUT2D eigenvalue weighted by atomic mass is 10.0. The standard InChI is InChI=1S/C18H24N4O2/c1-14-18-20-11-16(13-24-17-3-2-6-19-12-17)22(18)8-7-21(14)15-4-9-23-10-5-15/h2-3,6,11-12,14-15H,4-5,7-10,13H2,1H3/t14-/m1/s1. The van der Waals surface area contributed by atoms with Gasteiger partial charge < -0.3 is 14.0 Å². The molecule has 2 aliphatic heterocycles. The van der Waals surface area contributed by atoms with Gasteiger partial charge in [-0.1, -0.05) is 0 Å². The largest absolute Gasteiger partial charge is 0.486 e. The Kier molecular flexibility index (Phi) is 4.49. The van der Waals surface area contributed by atoms with Crippen molar-refractivity contribution in [2.45, 2.75) is 45.0 Å². The molecule has 0 radical (unpaired) electrons. The van der Waals surface area contributed by atoms with Gasteiger partial charge in [-0.05, 0) is 31.9 Å². The number of pyridine rings is 1. The van der Waals surface area contributed by atoms with Crippen LogP contribution in [0.5, 0.6) is 5.75 Å². The lowest BCUT2D eigenvalue weighted by molar-refractivity contribution is 0.00853. The normalized spacial score (nSPS) is 22.3. The Labute approximate surface area is 142 Å². The van der Waals surface area contributed by atoms with Crippen LogP contribution in [0.3, 0.4) is 0 Å². The summed E-state index contributed by atoms with van der Waals surface area (Å²) in [5.74, 6) is 1.94. The molecule has 0 amide bonds. The van der Waals surface area contributed by atoms with Crippen LogP contribution in [0.2, 0.25) is 0 Å². The maximum absolute atomic E-state index is 5.84. The van der Waals surface area contributed by atoms with Crippen molar-refractivity contribution in [3.05, 3.63) is 42.2 Å². The van der Waals surface area contributed by atoms with Crippen LogP contribution in [0.15, 0.2) is 30.7 Å². The summed E-state index contributed by atoms with van der Waals surface area (Å²) in [5, 5.41) is 0. The van der Waals surface area contributed by atoms with Gasteiger partial charge in [-0.2, -0.15) is 0 Å². The summed E-state index contributed by atoms with van der Waals surface area (Å²) in [5.41, 5.74) is 1.13. The number of ether oxygens (including phenoxy) is 2. The summed E-state index contributed by atoms with van der Waals surface area (Å²) in [6, 6.07) is 4.77. The Morgan fingerprint density at radius 2 is 2.12 bits per heavy atom. The zero-order valence-corrected chi connectivity index (χ0v) is 14.1. The molecule has 1 atom stereocenters. The van der Waals surface area contributed by atoms with Crippen molar-refractivity contribution >= 4 is 0 Å². The van der Waals surface area contributed by atoms with Crippen molar-refractivity contribution in [1.82, 2.24) is 19.4 Å². The third kappa shape index (κ3) is 3.03. The predicted octanol–water partition coefficient (Wildman–Crippen LogP) is 2.41. The van der Waals surface area contributed by atoms with Crippen LogP contribution in [-0.4, -0.2) is 45.2 Å². The average Bonchev–Trinajstić information content (AvgIpc) is 3.06. The summed E-state index contributed by atoms with van der Waals surface area (Å²) in [7, 11) is 0. The van der Waals surface area contributed by atoms with Crippen LogP contribution in [-0.2, 0) is 17.9 Å². The van der Waals surface area contributed by atoms with Crippen LogP contribution < -0.4 is 4.74 Å². The molecule has 1 saturated heterocycles. The lowest BCUT2D eigenvalue weighted by Crippen LogP contribution is -2.46. The minimum absolute atomic E-state index is 0.342. The van der Waals surface area contributed by atoms with E-state index in [1.54, 1.807) is 12.4 Å². The number of hydrogen-bond donors (Lipinski definition) is 0. The molecule has 6 nitrogen and oxygen atoms in total. The minimum atomic E-state index is 0.342. The van der Waals surface area contributed by atoms with Crippen LogP contribution in [0.4, 0.5) is 0 Å². The van der Waals surface area contributed by atoms with E-state index < -0.39 is 0 Å². The molecule has 0 aromatic carbocycles. The third-order valence-corrected chi connectivity index (χ3v) is 5.10. The average molecular weight is 328 g/mol. The molecule has 6 heteroatoms. The smallest absolute Gasteiger partial charge is 0.138 e. The monoisotopic (exact) mass is 328 g/mol. The molecule has 0 aliphatic carbocycles. The van der Waals surface area contributed by atoms with Gasteiger partial charge in [-0.25, -0.2) is 4.98 Å². The van der Waals surface area contributed by atoms with Gasteiger partial charge in [0.1, 0.15) is 18.2 Å². The van der Waals surface area contributed by atoms with E-state index >= 15 is 0 Å². The highest BCUT2D eigenvalue weighted by atomic mass is 16.5. The van der Waals surface area contributed by atoms with E-state index in [2.05, 4.69) is 26.4 Å². The Morgan fingerprint density at radius 3 is 2.92 bits per heavy atom. The summed E-state index contributed by atoms with van der Waals surface area (Å²) in [4.78, 5) is 11.4. The van der Waals surface area contributed by atoms with Crippen molar-refractivity contribution in [1.29, 1.82) is 0 Å². The first kappa shape index (κ1) is 15.6. The number of imidazole rings is 1. The van der Waals surface area contributed by atoms with Crippen LogP contribution >= 0.6 is 0 Å². The van der Waals surface area contributed by atoms with Gasteiger partial charge in [0.05, 0.1) is 24.1 Å². The van der Waals surface area contributed by atoms with Crippen LogP contribution in [0.1, 0.15) is 37.3 Å². The van der Waals surface area contributed by atoms with Gasteiger partial charge in [-0.3, -0.25) is 9.88 Å². The van der Waals surface area contributed by atoms with Crippen LogP contribution in [0, 0.1) is 0 Å². The first-order valence-corrected chi connectivity index (χ1v) is 8.73. The fourth-order valence-electron chi connectivity index (χ4n) is 3.80. The van der Waals surface area contributed by atoms with E-state index in [0.717, 1.165) is 56.4 Å². The van der Waals surface area contributed by atoms with Gasteiger partial charge in [0.2, 0.25) is 0 Å². The molecule has 4 rings (SSSR count). The molecule has 0 saturated carbocycles. The van der Waals surface area contributed by atoms with Crippen molar-refractivity contribution in [3.63, 3.8) is 0 Å². The molecule has 0 N–H and O–H groups in total. The molecule has 2 aromatic heterocycles. The second-order valence-corrected chi connectivity index (χ2v) is 6.49. The maximum Gasteiger partial charge on any atom is 0.138 e. The highest BCUT2D eigenvalue weighted by Crippen LogP contribution is 2.30. The lowest BCUT2D eigenvalue weighted by Gasteiger charge is -2.41. The summed E-state index contributed by atoms with van der Waals surface area (Å²) >= 11 is 0. The second-order valence-electron chi connectivity index (χ2n) is 6.49. The summed E-state index contributed by atoms with van der Waals surface area (Å²) < 4.78 is 13.7. The summed E-state index contributed by atoms with van der Waals surface area (Å²) in [6.07, 6.45) is 7.70. The molecular weight excluding hydrogens is 304 g/mol. The topological polar surface area (TPSA) is 52.4 Å². The Hall–Kier alpha value is -1.92. The van der Waals surface area contributed by atoms with Crippen molar-refractivity contribution in [2.75, 3.05) is 19.8 Å². The van der Waals surface area contributed by atoms with E-state index in [0.29, 0.717) is 18.7 Å². The Morgan fingerprint density at radius 1 is 1.25 bits per heavy atom. The van der Waals surface area contributed by atoms with Crippen molar-refractivity contribution in [3.8, 4) is 5.75 Å². The number of rotatable bonds is 4. The Balaban J connectivity index is 1.46. The highest BCUT2D eigenvalue weighted by Gasteiger charge is 2.32. The van der Waals surface area contributed by atoms with Gasteiger partial charge in [0.25, 0.3) is 0 Å². The SMILES string of the molecule is C[C@@H]1c2ncc(COc3cccnc3)n2CCN1C1CCOCC1. The third-order valence-electron chi connectivity index (χ3n) is 5.10. The Bertz CT molecular complexity index is 667. The first-order chi connectivity index (χ1) is 11.8. The number of hydrogen-bond acceptors (Lipinski definition) is 5. The number of aromatic nitrogens is 3. The quantitative estimate of drug-likeness (QED) is 0.863. The van der Waals surface area contributed by atoms with Crippen LogP contribution in [0.25, 0.3) is 0 Å². The van der Waals surface area contributed by atoms with E-state index in [9.17, 15) is 0 Å². The van der Waals surface area contributed by atoms with Gasteiger partial charge in [-0.15, -0.1) is 0 Å². The van der Waals surface area contributed by atoms with Gasteiger partial charge >= 0.3 is 0 Å². The zero-order chi connectivity index (χ0) is 16.4. The molecule has 0 unspecified atom stereocenters. The minimum Gasteiger partial charge on any atom is -0.486 e. The second kappa shape index (κ2) is 6.91. The van der Waals surface area contributed by atoms with E-state index in [1.165, 1.54) is 0 Å². The van der Waals surface area contributed by atoms with E-state index in [1.807, 2.05) is 18.3 Å². The molecule has 1 fully saturated rings. The predicted molar refractivity (Wildman–Crippen MR) is 89.8 cm³/mol. The first-order valence-electron chi connectivity index (χ1n) is 8.73. The fourth-order valence-corrected chi connectivity index (χ4v) is 3.80. The molecular formula is C18H24N4O2. The number of fused-ring (bicyclic) bond motifs is 1. The zero-order valence-electron chi connectivity index (χ0n) is 14.1. The number of nitrogens with zero attached hydrogens (tertiary/aromatic N) is 4.